The lowest BCUT2D eigenvalue weighted by atomic mass is 10.1. The summed E-state index contributed by atoms with van der Waals surface area (Å²) >= 11 is 1.76. The second-order valence-corrected chi connectivity index (χ2v) is 5.54. The molecule has 2 atom stereocenters. The maximum atomic E-state index is 10.2. The van der Waals surface area contributed by atoms with Gasteiger partial charge >= 0.3 is 0 Å². The van der Waals surface area contributed by atoms with E-state index in [9.17, 15) is 5.11 Å². The molecule has 0 saturated carbocycles. The first-order valence-corrected chi connectivity index (χ1v) is 7.03. The molecular formula is C15H19NOS. The van der Waals surface area contributed by atoms with Gasteiger partial charge in [0.15, 0.2) is 0 Å². The van der Waals surface area contributed by atoms with Gasteiger partial charge in [-0.1, -0.05) is 36.4 Å². The lowest BCUT2D eigenvalue weighted by Gasteiger charge is -2.26. The first kappa shape index (κ1) is 13.3. The lowest BCUT2D eigenvalue weighted by molar-refractivity contribution is 0.109. The van der Waals surface area contributed by atoms with Crippen LogP contribution < -0.4 is 0 Å². The highest BCUT2D eigenvalue weighted by atomic mass is 32.1. The molecule has 3 heteroatoms. The minimum absolute atomic E-state index is 0.336. The second kappa shape index (κ2) is 6.14. The summed E-state index contributed by atoms with van der Waals surface area (Å²) in [7, 11) is 2.05. The molecule has 0 radical (unpaired) electrons. The SMILES string of the molecule is CC(c1cccs1)N(C)CC(O)c1ccccc1. The van der Waals surface area contributed by atoms with Crippen LogP contribution in [0, 0.1) is 0 Å². The van der Waals surface area contributed by atoms with Gasteiger partial charge in [0.05, 0.1) is 6.10 Å². The first-order chi connectivity index (χ1) is 8.68. The van der Waals surface area contributed by atoms with Gasteiger partial charge in [-0.15, -0.1) is 11.3 Å². The summed E-state index contributed by atoms with van der Waals surface area (Å²) in [6.45, 7) is 2.81. The lowest BCUT2D eigenvalue weighted by Crippen LogP contribution is -2.27. The van der Waals surface area contributed by atoms with E-state index in [1.165, 1.54) is 4.88 Å². The number of hydrogen-bond donors (Lipinski definition) is 1. The molecule has 2 rings (SSSR count). The van der Waals surface area contributed by atoms with Crippen molar-refractivity contribution in [2.75, 3.05) is 13.6 Å². The van der Waals surface area contributed by atoms with E-state index >= 15 is 0 Å². The zero-order valence-corrected chi connectivity index (χ0v) is 11.6. The van der Waals surface area contributed by atoms with E-state index in [2.05, 4.69) is 36.4 Å². The van der Waals surface area contributed by atoms with E-state index in [0.29, 0.717) is 12.6 Å². The highest BCUT2D eigenvalue weighted by molar-refractivity contribution is 7.10. The molecule has 0 fully saturated rings. The van der Waals surface area contributed by atoms with Crippen molar-refractivity contribution in [3.63, 3.8) is 0 Å². The molecule has 0 aliphatic heterocycles. The van der Waals surface area contributed by atoms with Crippen molar-refractivity contribution in [3.05, 3.63) is 58.3 Å². The molecule has 1 aromatic heterocycles. The molecule has 2 unspecified atom stereocenters. The zero-order valence-electron chi connectivity index (χ0n) is 10.8. The van der Waals surface area contributed by atoms with Gasteiger partial charge in [-0.3, -0.25) is 4.90 Å². The first-order valence-electron chi connectivity index (χ1n) is 6.15. The molecule has 18 heavy (non-hydrogen) atoms. The molecule has 0 aliphatic carbocycles. The van der Waals surface area contributed by atoms with Gasteiger partial charge in [-0.25, -0.2) is 0 Å². The van der Waals surface area contributed by atoms with Crippen LogP contribution in [-0.2, 0) is 0 Å². The Hall–Kier alpha value is -1.16. The van der Waals surface area contributed by atoms with Gasteiger partial charge in [0.1, 0.15) is 0 Å². The third-order valence-electron chi connectivity index (χ3n) is 3.26. The van der Waals surface area contributed by atoms with Gasteiger partial charge in [0.25, 0.3) is 0 Å². The van der Waals surface area contributed by atoms with Crippen LogP contribution in [0.1, 0.15) is 29.5 Å². The predicted octanol–water partition coefficient (Wildman–Crippen LogP) is 3.47. The maximum Gasteiger partial charge on any atom is 0.0917 e. The summed E-state index contributed by atoms with van der Waals surface area (Å²) in [6.07, 6.45) is -0.432. The van der Waals surface area contributed by atoms with Crippen LogP contribution in [0.15, 0.2) is 47.8 Å². The fourth-order valence-corrected chi connectivity index (χ4v) is 2.81. The van der Waals surface area contributed by atoms with E-state index in [4.69, 9.17) is 0 Å². The van der Waals surface area contributed by atoms with E-state index in [1.54, 1.807) is 11.3 Å². The minimum Gasteiger partial charge on any atom is -0.387 e. The van der Waals surface area contributed by atoms with Crippen LogP contribution in [0.2, 0.25) is 0 Å². The summed E-state index contributed by atoms with van der Waals surface area (Å²) in [6, 6.07) is 14.4. The van der Waals surface area contributed by atoms with Gasteiger partial charge in [0, 0.05) is 17.5 Å². The maximum absolute atomic E-state index is 10.2. The van der Waals surface area contributed by atoms with E-state index in [-0.39, 0.29) is 0 Å². The van der Waals surface area contributed by atoms with E-state index in [0.717, 1.165) is 5.56 Å². The van der Waals surface area contributed by atoms with Crippen molar-refractivity contribution in [3.8, 4) is 0 Å². The zero-order chi connectivity index (χ0) is 13.0. The predicted molar refractivity (Wildman–Crippen MR) is 76.8 cm³/mol. The molecule has 0 aliphatic rings. The fourth-order valence-electron chi connectivity index (χ4n) is 1.96. The molecule has 2 nitrogen and oxygen atoms in total. The Kier molecular flexibility index (Phi) is 4.53. The number of nitrogens with zero attached hydrogens (tertiary/aromatic N) is 1. The third-order valence-corrected chi connectivity index (χ3v) is 4.30. The van der Waals surface area contributed by atoms with Crippen molar-refractivity contribution in [1.29, 1.82) is 0 Å². The number of rotatable bonds is 5. The summed E-state index contributed by atoms with van der Waals surface area (Å²) in [5.74, 6) is 0. The van der Waals surface area contributed by atoms with Crippen LogP contribution in [0.3, 0.4) is 0 Å². The largest absolute Gasteiger partial charge is 0.387 e. The highest BCUT2D eigenvalue weighted by Crippen LogP contribution is 2.25. The summed E-state index contributed by atoms with van der Waals surface area (Å²) in [4.78, 5) is 3.52. The van der Waals surface area contributed by atoms with Gasteiger partial charge in [-0.05, 0) is 31.0 Å². The molecule has 0 spiro atoms. The summed E-state index contributed by atoms with van der Waals surface area (Å²) in [5.41, 5.74) is 0.975. The fraction of sp³-hybridized carbons (Fsp3) is 0.333. The Morgan fingerprint density at radius 3 is 2.50 bits per heavy atom. The molecular weight excluding hydrogens is 242 g/mol. The van der Waals surface area contributed by atoms with Gasteiger partial charge in [0.2, 0.25) is 0 Å². The van der Waals surface area contributed by atoms with Gasteiger partial charge < -0.3 is 5.11 Å². The van der Waals surface area contributed by atoms with Crippen molar-refractivity contribution in [2.45, 2.75) is 19.1 Å². The molecule has 0 amide bonds. The number of hydrogen-bond acceptors (Lipinski definition) is 3. The topological polar surface area (TPSA) is 23.5 Å². The average molecular weight is 261 g/mol. The minimum atomic E-state index is -0.432. The Morgan fingerprint density at radius 2 is 1.89 bits per heavy atom. The Balaban J connectivity index is 1.97. The molecule has 1 N–H and O–H groups in total. The Morgan fingerprint density at radius 1 is 1.17 bits per heavy atom. The van der Waals surface area contributed by atoms with Crippen LogP contribution >= 0.6 is 11.3 Å². The number of aliphatic hydroxyl groups excluding tert-OH is 1. The van der Waals surface area contributed by atoms with E-state index < -0.39 is 6.10 Å². The highest BCUT2D eigenvalue weighted by Gasteiger charge is 2.16. The number of thiophene rings is 1. The average Bonchev–Trinajstić information content (AvgIpc) is 2.92. The Labute approximate surface area is 113 Å². The van der Waals surface area contributed by atoms with E-state index in [1.807, 2.05) is 30.3 Å². The van der Waals surface area contributed by atoms with Crippen LogP contribution in [-0.4, -0.2) is 23.6 Å². The van der Waals surface area contributed by atoms with Crippen LogP contribution in [0.25, 0.3) is 0 Å². The van der Waals surface area contributed by atoms with Crippen LogP contribution in [0.4, 0.5) is 0 Å². The summed E-state index contributed by atoms with van der Waals surface area (Å²) in [5, 5.41) is 12.3. The van der Waals surface area contributed by atoms with Crippen molar-refractivity contribution < 1.29 is 5.11 Å². The Bertz CT molecular complexity index is 455. The standard InChI is InChI=1S/C15H19NOS/c1-12(15-9-6-10-18-15)16(2)11-14(17)13-7-4-3-5-8-13/h3-10,12,14,17H,11H2,1-2H3. The molecule has 96 valence electrons. The smallest absolute Gasteiger partial charge is 0.0917 e. The van der Waals surface area contributed by atoms with Crippen molar-refractivity contribution in [1.82, 2.24) is 4.90 Å². The molecule has 2 aromatic rings. The monoisotopic (exact) mass is 261 g/mol. The number of likely N-dealkylation sites (N-methyl/N-ethyl adjacent to an activating group) is 1. The van der Waals surface area contributed by atoms with Crippen LogP contribution in [0.5, 0.6) is 0 Å². The third kappa shape index (κ3) is 3.19. The number of aliphatic hydroxyl groups is 1. The van der Waals surface area contributed by atoms with Gasteiger partial charge in [-0.2, -0.15) is 0 Å². The molecule has 1 heterocycles. The molecule has 0 saturated heterocycles. The normalized spacial score (nSPS) is 14.7. The number of benzene rings is 1. The quantitative estimate of drug-likeness (QED) is 0.890. The van der Waals surface area contributed by atoms with Crippen molar-refractivity contribution >= 4 is 11.3 Å². The molecule has 1 aromatic carbocycles. The molecule has 0 bridgehead atoms. The second-order valence-electron chi connectivity index (χ2n) is 4.56. The summed E-state index contributed by atoms with van der Waals surface area (Å²) < 4.78 is 0. The van der Waals surface area contributed by atoms with Crippen molar-refractivity contribution in [2.24, 2.45) is 0 Å².